The minimum atomic E-state index is -3.94. The van der Waals surface area contributed by atoms with Crippen LogP contribution in [-0.2, 0) is 11.0 Å². The van der Waals surface area contributed by atoms with Crippen molar-refractivity contribution in [2.75, 3.05) is 13.1 Å². The second kappa shape index (κ2) is 7.67. The van der Waals surface area contributed by atoms with E-state index in [-0.39, 0.29) is 0 Å². The fraction of sp³-hybridized carbons (Fsp3) is 0.526. The molecule has 2 aliphatic heterocycles. The van der Waals surface area contributed by atoms with E-state index in [2.05, 4.69) is 70.2 Å². The van der Waals surface area contributed by atoms with Gasteiger partial charge < -0.3 is 14.4 Å². The van der Waals surface area contributed by atoms with E-state index in [1.165, 1.54) is 61.8 Å². The molecule has 0 saturated heterocycles. The van der Waals surface area contributed by atoms with Crippen LogP contribution < -0.4 is 4.89 Å². The first kappa shape index (κ1) is 19.9. The van der Waals surface area contributed by atoms with Gasteiger partial charge in [0.1, 0.15) is 18.8 Å². The first-order valence-electron chi connectivity index (χ1n) is 9.22. The minimum Gasteiger partial charge on any atom is -0.776 e. The molecule has 1 N–H and O–H groups in total. The number of nitrogens with zero attached hydrogens (tertiary/aromatic N) is 1. The van der Waals surface area contributed by atoms with Gasteiger partial charge in [-0.25, -0.2) is 4.58 Å². The second-order valence-corrected chi connectivity index (χ2v) is 11.1. The van der Waals surface area contributed by atoms with Crippen LogP contribution in [0.1, 0.15) is 50.8 Å². The first-order chi connectivity index (χ1) is 12.3. The van der Waals surface area contributed by atoms with Crippen molar-refractivity contribution in [3.05, 3.63) is 35.5 Å². The molecule has 4 nitrogen and oxygen atoms in total. The van der Waals surface area contributed by atoms with E-state index in [0.717, 1.165) is 0 Å². The monoisotopic (exact) mass is 414 g/mol. The van der Waals surface area contributed by atoms with Gasteiger partial charge in [0.2, 0.25) is 5.71 Å². The van der Waals surface area contributed by atoms with E-state index in [9.17, 15) is 9.46 Å². The summed E-state index contributed by atoms with van der Waals surface area (Å²) in [5.74, 6) is 0. The average molecular weight is 415 g/mol. The molecule has 0 spiro atoms. The number of aromatic nitrogens is 1. The SMILES string of the molecule is CCC1(CC)CCC[N+]2=C1c1[nH]c3ccccc3c1CC2.O=P([O-])(Cl)Cl. The van der Waals surface area contributed by atoms with Crippen molar-refractivity contribution in [1.82, 2.24) is 4.98 Å². The average Bonchev–Trinajstić information content (AvgIpc) is 2.98. The molecule has 1 aromatic heterocycles. The van der Waals surface area contributed by atoms with Crippen LogP contribution >= 0.6 is 28.6 Å². The maximum Gasteiger partial charge on any atom is 0.206 e. The topological polar surface area (TPSA) is 58.9 Å². The van der Waals surface area contributed by atoms with Crippen molar-refractivity contribution >= 4 is 45.2 Å². The van der Waals surface area contributed by atoms with Gasteiger partial charge in [0.25, 0.3) is 0 Å². The number of aromatic amines is 1. The zero-order valence-electron chi connectivity index (χ0n) is 15.2. The van der Waals surface area contributed by atoms with Crippen molar-refractivity contribution in [1.29, 1.82) is 0 Å². The van der Waals surface area contributed by atoms with Crippen LogP contribution in [0.3, 0.4) is 0 Å². The number of nitrogens with one attached hydrogen (secondary N) is 1. The molecule has 2 aromatic rings. The maximum absolute atomic E-state index is 9.19. The van der Waals surface area contributed by atoms with Gasteiger partial charge in [-0.1, -0.05) is 54.5 Å². The van der Waals surface area contributed by atoms with Gasteiger partial charge in [-0.15, -0.1) is 0 Å². The van der Waals surface area contributed by atoms with Crippen LogP contribution in [0.2, 0.25) is 0 Å². The van der Waals surface area contributed by atoms with Gasteiger partial charge in [0, 0.05) is 23.7 Å². The van der Waals surface area contributed by atoms with Crippen molar-refractivity contribution < 1.29 is 14.0 Å². The number of benzene rings is 1. The predicted octanol–water partition coefficient (Wildman–Crippen LogP) is 5.06. The molecule has 7 heteroatoms. The lowest BCUT2D eigenvalue weighted by molar-refractivity contribution is -0.538. The molecular weight excluding hydrogens is 390 g/mol. The molecule has 26 heavy (non-hydrogen) atoms. The Morgan fingerprint density at radius 2 is 1.88 bits per heavy atom. The van der Waals surface area contributed by atoms with Gasteiger partial charge in [0.15, 0.2) is 6.07 Å². The Kier molecular flexibility index (Phi) is 5.89. The standard InChI is InChI=1S/C19H24N2.Cl2HO2P/c1-3-19(4-2)11-7-12-21-13-10-15-14-8-5-6-9-16(14)20-17(15)18(19)21;1-5(2,3)4/h5-6,8-9H,3-4,7,10-13H2,1-2H3;(H,3,4). The quantitative estimate of drug-likeness (QED) is 0.551. The summed E-state index contributed by atoms with van der Waals surface area (Å²) in [6, 6.07) is 8.81. The highest BCUT2D eigenvalue weighted by Crippen LogP contribution is 2.46. The molecule has 0 radical (unpaired) electrons. The first-order valence-corrected chi connectivity index (χ1v) is 12.6. The van der Waals surface area contributed by atoms with E-state index < -0.39 is 6.07 Å². The maximum atomic E-state index is 9.19. The Balaban J connectivity index is 0.000000349. The number of fused-ring (bicyclic) bond motifs is 4. The van der Waals surface area contributed by atoms with E-state index in [4.69, 9.17) is 0 Å². The van der Waals surface area contributed by atoms with E-state index in [0.29, 0.717) is 5.41 Å². The molecule has 3 heterocycles. The lowest BCUT2D eigenvalue weighted by atomic mass is 9.69. The van der Waals surface area contributed by atoms with Crippen molar-refractivity contribution in [2.24, 2.45) is 5.41 Å². The molecule has 0 saturated carbocycles. The molecule has 0 bridgehead atoms. The summed E-state index contributed by atoms with van der Waals surface area (Å²) in [7, 11) is 0. The third-order valence-corrected chi connectivity index (χ3v) is 5.94. The highest BCUT2D eigenvalue weighted by molar-refractivity contribution is 8.03. The Morgan fingerprint density at radius 3 is 2.54 bits per heavy atom. The van der Waals surface area contributed by atoms with Crippen LogP contribution in [0, 0.1) is 5.41 Å². The number of para-hydroxylation sites is 1. The zero-order valence-corrected chi connectivity index (χ0v) is 17.6. The van der Waals surface area contributed by atoms with E-state index in [1.807, 2.05) is 0 Å². The summed E-state index contributed by atoms with van der Waals surface area (Å²) in [4.78, 5) is 13.0. The smallest absolute Gasteiger partial charge is 0.206 e. The predicted molar refractivity (Wildman–Crippen MR) is 108 cm³/mol. The van der Waals surface area contributed by atoms with Crippen LogP contribution in [0.5, 0.6) is 0 Å². The lowest BCUT2D eigenvalue weighted by Crippen LogP contribution is -2.46. The molecule has 2 aliphatic rings. The largest absolute Gasteiger partial charge is 0.776 e. The molecular formula is C19H25Cl2N2O2P. The van der Waals surface area contributed by atoms with Crippen molar-refractivity contribution in [3.63, 3.8) is 0 Å². The summed E-state index contributed by atoms with van der Waals surface area (Å²) >= 11 is 8.59. The molecule has 142 valence electrons. The summed E-state index contributed by atoms with van der Waals surface area (Å²) in [6.07, 6.45) is 2.45. The Hall–Kier alpha value is -0.800. The van der Waals surface area contributed by atoms with Gasteiger partial charge in [0.05, 0.1) is 5.41 Å². The second-order valence-electron chi connectivity index (χ2n) is 7.12. The highest BCUT2D eigenvalue weighted by atomic mass is 35.9. The van der Waals surface area contributed by atoms with Crippen LogP contribution in [0.15, 0.2) is 24.3 Å². The molecule has 0 unspecified atom stereocenters. The molecule has 1 aromatic carbocycles. The summed E-state index contributed by atoms with van der Waals surface area (Å²) < 4.78 is 11.9. The summed E-state index contributed by atoms with van der Waals surface area (Å²) in [5, 5.41) is 1.44. The Bertz CT molecular complexity index is 873. The molecule has 0 fully saturated rings. The third-order valence-electron chi connectivity index (χ3n) is 5.94. The minimum absolute atomic E-state index is 0.383. The fourth-order valence-corrected chi connectivity index (χ4v) is 4.67. The summed E-state index contributed by atoms with van der Waals surface area (Å²) in [6.45, 7) is 7.19. The van der Waals surface area contributed by atoms with Gasteiger partial charge in [-0.2, -0.15) is 0 Å². The van der Waals surface area contributed by atoms with E-state index >= 15 is 0 Å². The van der Waals surface area contributed by atoms with Crippen molar-refractivity contribution in [3.8, 4) is 0 Å². The van der Waals surface area contributed by atoms with Gasteiger partial charge in [-0.3, -0.25) is 0 Å². The molecule has 4 rings (SSSR count). The molecule has 0 aliphatic carbocycles. The summed E-state index contributed by atoms with van der Waals surface area (Å²) in [5.41, 5.74) is 6.32. The van der Waals surface area contributed by atoms with Crippen LogP contribution in [0.4, 0.5) is 0 Å². The van der Waals surface area contributed by atoms with E-state index in [1.54, 1.807) is 11.3 Å². The van der Waals surface area contributed by atoms with Crippen LogP contribution in [0.25, 0.3) is 10.9 Å². The van der Waals surface area contributed by atoms with Gasteiger partial charge in [-0.05, 0) is 30.9 Å². The third kappa shape index (κ3) is 3.89. The number of H-pyrrole nitrogens is 1. The molecule has 0 amide bonds. The number of hydrogen-bond acceptors (Lipinski definition) is 2. The Morgan fingerprint density at radius 1 is 1.23 bits per heavy atom. The number of rotatable bonds is 2. The number of halogens is 2. The van der Waals surface area contributed by atoms with Crippen LogP contribution in [-0.4, -0.2) is 28.4 Å². The number of hydrogen-bond donors (Lipinski definition) is 1. The fourth-order valence-electron chi connectivity index (χ4n) is 4.67. The zero-order chi connectivity index (χ0) is 18.9. The Labute approximate surface area is 164 Å². The molecule has 0 atom stereocenters. The van der Waals surface area contributed by atoms with Gasteiger partial charge >= 0.3 is 0 Å². The normalized spacial score (nSPS) is 18.8. The highest BCUT2D eigenvalue weighted by Gasteiger charge is 2.46. The lowest BCUT2D eigenvalue weighted by Gasteiger charge is -2.36. The van der Waals surface area contributed by atoms with Crippen molar-refractivity contribution in [2.45, 2.75) is 46.0 Å².